The minimum absolute atomic E-state index is 0.00557. The number of aryl methyl sites for hydroxylation is 1. The summed E-state index contributed by atoms with van der Waals surface area (Å²) in [5.74, 6) is 1.86. The topological polar surface area (TPSA) is 73.1 Å². The average molecular weight is 420 g/mol. The van der Waals surface area contributed by atoms with Crippen LogP contribution in [0, 0.1) is 0 Å². The lowest BCUT2D eigenvalue weighted by atomic mass is 10.1. The summed E-state index contributed by atoms with van der Waals surface area (Å²) in [5.41, 5.74) is 3.24. The molecule has 1 unspecified atom stereocenters. The molecule has 0 N–H and O–H groups in total. The highest BCUT2D eigenvalue weighted by Crippen LogP contribution is 2.37. The highest BCUT2D eigenvalue weighted by atomic mass is 16.5. The predicted octanol–water partition coefficient (Wildman–Crippen LogP) is 3.44. The van der Waals surface area contributed by atoms with Crippen LogP contribution in [0.5, 0.6) is 0 Å². The second kappa shape index (κ2) is 8.75. The first kappa shape index (κ1) is 20.1. The number of aromatic nitrogens is 4. The molecule has 7 heteroatoms. The van der Waals surface area contributed by atoms with Crippen molar-refractivity contribution in [3.05, 3.63) is 58.0 Å². The standard InChI is InChI=1S/C24H29N5O2/c1-31-15-14-29-23(27-20-11-6-5-9-18(20)24(29)30)21-12-7-13-28(21)22-17-8-3-2-4-10-19(17)25-16-26-22/h5-6,9,11,16,21H,2-4,7-8,10,12-15H2,1H3. The molecule has 0 saturated carbocycles. The van der Waals surface area contributed by atoms with Crippen molar-refractivity contribution >= 4 is 16.7 Å². The minimum Gasteiger partial charge on any atom is -0.383 e. The third kappa shape index (κ3) is 3.71. The molecule has 1 fully saturated rings. The summed E-state index contributed by atoms with van der Waals surface area (Å²) < 4.78 is 7.12. The molecule has 1 aromatic carbocycles. The van der Waals surface area contributed by atoms with Gasteiger partial charge in [-0.15, -0.1) is 0 Å². The first-order chi connectivity index (χ1) is 15.3. The molecule has 0 amide bonds. The van der Waals surface area contributed by atoms with Gasteiger partial charge in [0.15, 0.2) is 0 Å². The summed E-state index contributed by atoms with van der Waals surface area (Å²) in [5, 5.41) is 0.655. The first-order valence-electron chi connectivity index (χ1n) is 11.4. The number of para-hydroxylation sites is 1. The Hall–Kier alpha value is -2.80. The van der Waals surface area contributed by atoms with Gasteiger partial charge in [0, 0.05) is 24.9 Å². The zero-order valence-corrected chi connectivity index (χ0v) is 18.1. The van der Waals surface area contributed by atoms with Gasteiger partial charge in [-0.25, -0.2) is 15.0 Å². The van der Waals surface area contributed by atoms with Gasteiger partial charge in [-0.05, 0) is 50.7 Å². The molecule has 31 heavy (non-hydrogen) atoms. The average Bonchev–Trinajstić information content (AvgIpc) is 3.15. The van der Waals surface area contributed by atoms with E-state index in [0.717, 1.165) is 49.4 Å². The van der Waals surface area contributed by atoms with E-state index in [4.69, 9.17) is 14.7 Å². The smallest absolute Gasteiger partial charge is 0.261 e. The second-order valence-electron chi connectivity index (χ2n) is 8.47. The fourth-order valence-corrected chi connectivity index (χ4v) is 5.06. The molecule has 0 bridgehead atoms. The zero-order valence-electron chi connectivity index (χ0n) is 18.1. The van der Waals surface area contributed by atoms with E-state index >= 15 is 0 Å². The van der Waals surface area contributed by atoms with Crippen LogP contribution in [0.2, 0.25) is 0 Å². The lowest BCUT2D eigenvalue weighted by Crippen LogP contribution is -2.34. The lowest BCUT2D eigenvalue weighted by Gasteiger charge is -2.29. The Bertz CT molecular complexity index is 1140. The summed E-state index contributed by atoms with van der Waals surface area (Å²) >= 11 is 0. The van der Waals surface area contributed by atoms with Crippen molar-refractivity contribution in [3.8, 4) is 0 Å². The highest BCUT2D eigenvalue weighted by Gasteiger charge is 2.33. The van der Waals surface area contributed by atoms with Crippen molar-refractivity contribution in [1.82, 2.24) is 19.5 Å². The monoisotopic (exact) mass is 419 g/mol. The van der Waals surface area contributed by atoms with Crippen LogP contribution in [-0.2, 0) is 24.1 Å². The van der Waals surface area contributed by atoms with Crippen LogP contribution in [0.15, 0.2) is 35.4 Å². The van der Waals surface area contributed by atoms with Crippen LogP contribution in [0.4, 0.5) is 5.82 Å². The van der Waals surface area contributed by atoms with Gasteiger partial charge in [0.05, 0.1) is 30.1 Å². The van der Waals surface area contributed by atoms with Crippen LogP contribution in [-0.4, -0.2) is 39.8 Å². The van der Waals surface area contributed by atoms with E-state index in [-0.39, 0.29) is 11.6 Å². The molecular weight excluding hydrogens is 390 g/mol. The van der Waals surface area contributed by atoms with Crippen molar-refractivity contribution < 1.29 is 4.74 Å². The maximum atomic E-state index is 13.4. The Morgan fingerprint density at radius 1 is 1.10 bits per heavy atom. The SMILES string of the molecule is COCCn1c(C2CCCN2c2ncnc3c2CCCCC3)nc2ccccc2c1=O. The summed E-state index contributed by atoms with van der Waals surface area (Å²) in [6, 6.07) is 7.64. The fourth-order valence-electron chi connectivity index (χ4n) is 5.06. The second-order valence-corrected chi connectivity index (χ2v) is 8.47. The van der Waals surface area contributed by atoms with E-state index in [1.807, 2.05) is 28.8 Å². The molecule has 7 nitrogen and oxygen atoms in total. The number of nitrogens with zero attached hydrogens (tertiary/aromatic N) is 5. The van der Waals surface area contributed by atoms with Gasteiger partial charge < -0.3 is 9.64 Å². The van der Waals surface area contributed by atoms with E-state index in [1.165, 1.54) is 30.5 Å². The minimum atomic E-state index is 0.00557. The largest absolute Gasteiger partial charge is 0.383 e. The Morgan fingerprint density at radius 3 is 2.87 bits per heavy atom. The first-order valence-corrected chi connectivity index (χ1v) is 11.4. The third-order valence-electron chi connectivity index (χ3n) is 6.59. The van der Waals surface area contributed by atoms with E-state index < -0.39 is 0 Å². The number of ether oxygens (including phenoxy) is 1. The number of benzene rings is 1. The molecule has 1 aliphatic carbocycles. The van der Waals surface area contributed by atoms with E-state index in [0.29, 0.717) is 18.5 Å². The maximum absolute atomic E-state index is 13.4. The molecular formula is C24H29N5O2. The van der Waals surface area contributed by atoms with Crippen LogP contribution >= 0.6 is 0 Å². The Labute approximate surface area is 182 Å². The Balaban J connectivity index is 1.62. The van der Waals surface area contributed by atoms with Crippen LogP contribution < -0.4 is 10.5 Å². The van der Waals surface area contributed by atoms with Crippen molar-refractivity contribution in [3.63, 3.8) is 0 Å². The zero-order chi connectivity index (χ0) is 21.2. The number of fused-ring (bicyclic) bond motifs is 2. The number of methoxy groups -OCH3 is 1. The maximum Gasteiger partial charge on any atom is 0.261 e. The van der Waals surface area contributed by atoms with Crippen molar-refractivity contribution in [2.45, 2.75) is 57.5 Å². The molecule has 0 spiro atoms. The summed E-state index contributed by atoms with van der Waals surface area (Å²) in [7, 11) is 1.66. The van der Waals surface area contributed by atoms with Crippen LogP contribution in [0.3, 0.4) is 0 Å². The van der Waals surface area contributed by atoms with Gasteiger partial charge in [0.2, 0.25) is 0 Å². The Morgan fingerprint density at radius 2 is 1.97 bits per heavy atom. The summed E-state index contributed by atoms with van der Waals surface area (Å²) in [4.78, 5) is 30.1. The van der Waals surface area contributed by atoms with Crippen molar-refractivity contribution in [2.24, 2.45) is 0 Å². The molecule has 162 valence electrons. The Kier molecular flexibility index (Phi) is 5.68. The lowest BCUT2D eigenvalue weighted by molar-refractivity contribution is 0.184. The molecule has 1 atom stereocenters. The van der Waals surface area contributed by atoms with Gasteiger partial charge in [-0.2, -0.15) is 0 Å². The molecule has 0 radical (unpaired) electrons. The number of hydrogen-bond donors (Lipinski definition) is 0. The molecule has 2 aliphatic rings. The van der Waals surface area contributed by atoms with Gasteiger partial charge >= 0.3 is 0 Å². The summed E-state index contributed by atoms with van der Waals surface area (Å²) in [6.45, 7) is 1.89. The van der Waals surface area contributed by atoms with Crippen molar-refractivity contribution in [2.75, 3.05) is 25.2 Å². The van der Waals surface area contributed by atoms with Gasteiger partial charge in [-0.1, -0.05) is 18.6 Å². The molecule has 1 aliphatic heterocycles. The fraction of sp³-hybridized carbons (Fsp3) is 0.500. The van der Waals surface area contributed by atoms with E-state index in [1.54, 1.807) is 13.4 Å². The molecule has 3 heterocycles. The number of hydrogen-bond acceptors (Lipinski definition) is 6. The quantitative estimate of drug-likeness (QED) is 0.590. The highest BCUT2D eigenvalue weighted by molar-refractivity contribution is 5.77. The molecule has 3 aromatic rings. The number of anilines is 1. The molecule has 2 aromatic heterocycles. The van der Waals surface area contributed by atoms with Gasteiger partial charge in [-0.3, -0.25) is 9.36 Å². The van der Waals surface area contributed by atoms with Crippen molar-refractivity contribution in [1.29, 1.82) is 0 Å². The van der Waals surface area contributed by atoms with Gasteiger partial charge in [0.25, 0.3) is 5.56 Å². The van der Waals surface area contributed by atoms with Crippen LogP contribution in [0.25, 0.3) is 10.9 Å². The van der Waals surface area contributed by atoms with E-state index in [2.05, 4.69) is 9.88 Å². The predicted molar refractivity (Wildman–Crippen MR) is 120 cm³/mol. The molecule has 5 rings (SSSR count). The number of rotatable bonds is 5. The normalized spacial score (nSPS) is 18.9. The van der Waals surface area contributed by atoms with E-state index in [9.17, 15) is 4.79 Å². The van der Waals surface area contributed by atoms with Gasteiger partial charge in [0.1, 0.15) is 18.0 Å². The molecule has 1 saturated heterocycles. The third-order valence-corrected chi connectivity index (χ3v) is 6.59. The van der Waals surface area contributed by atoms with Crippen LogP contribution in [0.1, 0.15) is 55.2 Å². The summed E-state index contributed by atoms with van der Waals surface area (Å²) in [6.07, 6.45) is 9.37.